The van der Waals surface area contributed by atoms with Crippen molar-refractivity contribution in [1.82, 2.24) is 25.1 Å². The van der Waals surface area contributed by atoms with E-state index in [0.717, 1.165) is 23.8 Å². The molecule has 0 radical (unpaired) electrons. The zero-order valence-electron chi connectivity index (χ0n) is 9.80. The average molecular weight is 229 g/mol. The summed E-state index contributed by atoms with van der Waals surface area (Å²) in [6, 6.07) is 2.58. The van der Waals surface area contributed by atoms with E-state index < -0.39 is 0 Å². The quantitative estimate of drug-likeness (QED) is 0.856. The molecule has 0 unspecified atom stereocenters. The van der Waals surface area contributed by atoms with Gasteiger partial charge in [-0.05, 0) is 25.8 Å². The van der Waals surface area contributed by atoms with Gasteiger partial charge in [-0.25, -0.2) is 14.6 Å². The normalized spacial score (nSPS) is 15.1. The Morgan fingerprint density at radius 1 is 1.47 bits per heavy atom. The molecule has 17 heavy (non-hydrogen) atoms. The number of hydrogen-bond donors (Lipinski definition) is 1. The first-order valence-electron chi connectivity index (χ1n) is 5.89. The lowest BCUT2D eigenvalue weighted by Crippen LogP contribution is -2.18. The third-order valence-corrected chi connectivity index (χ3v) is 2.84. The van der Waals surface area contributed by atoms with Crippen LogP contribution in [0.1, 0.15) is 24.2 Å². The van der Waals surface area contributed by atoms with Crippen molar-refractivity contribution in [2.24, 2.45) is 0 Å². The van der Waals surface area contributed by atoms with E-state index in [-0.39, 0.29) is 0 Å². The molecule has 1 fully saturated rings. The fourth-order valence-electron chi connectivity index (χ4n) is 1.74. The molecule has 0 amide bonds. The van der Waals surface area contributed by atoms with Crippen molar-refractivity contribution in [2.75, 3.05) is 0 Å². The number of aromatic nitrogens is 4. The van der Waals surface area contributed by atoms with Crippen LogP contribution in [-0.4, -0.2) is 25.8 Å². The van der Waals surface area contributed by atoms with E-state index >= 15 is 0 Å². The van der Waals surface area contributed by atoms with Gasteiger partial charge in [-0.1, -0.05) is 0 Å². The van der Waals surface area contributed by atoms with Crippen LogP contribution in [0.3, 0.4) is 0 Å². The molecule has 5 nitrogen and oxygen atoms in total. The monoisotopic (exact) mass is 229 g/mol. The molecule has 0 saturated heterocycles. The Balaban J connectivity index is 1.89. The van der Waals surface area contributed by atoms with Gasteiger partial charge >= 0.3 is 0 Å². The molecule has 2 heterocycles. The highest BCUT2D eigenvalue weighted by Crippen LogP contribution is 2.20. The summed E-state index contributed by atoms with van der Waals surface area (Å²) < 4.78 is 1.79. The molecule has 2 aromatic rings. The van der Waals surface area contributed by atoms with Gasteiger partial charge in [0.15, 0.2) is 5.82 Å². The molecule has 3 rings (SSSR count). The molecule has 88 valence electrons. The number of nitrogens with one attached hydrogen (secondary N) is 1. The van der Waals surface area contributed by atoms with Crippen LogP contribution in [0.2, 0.25) is 0 Å². The Hall–Kier alpha value is -1.75. The van der Waals surface area contributed by atoms with E-state index in [1.807, 2.05) is 25.4 Å². The molecule has 1 aliphatic rings. The maximum atomic E-state index is 4.46. The highest BCUT2D eigenvalue weighted by atomic mass is 15.3. The minimum absolute atomic E-state index is 0.682. The van der Waals surface area contributed by atoms with E-state index in [9.17, 15) is 0 Å². The Morgan fingerprint density at radius 3 is 3.06 bits per heavy atom. The molecule has 1 saturated carbocycles. The lowest BCUT2D eigenvalue weighted by atomic mass is 10.3. The van der Waals surface area contributed by atoms with Crippen LogP contribution < -0.4 is 5.32 Å². The second-order valence-corrected chi connectivity index (χ2v) is 4.37. The fourth-order valence-corrected chi connectivity index (χ4v) is 1.74. The Kier molecular flexibility index (Phi) is 2.60. The minimum Gasteiger partial charge on any atom is -0.310 e. The molecule has 0 spiro atoms. The zero-order chi connectivity index (χ0) is 11.7. The third kappa shape index (κ3) is 2.34. The van der Waals surface area contributed by atoms with Crippen LogP contribution in [0.25, 0.3) is 5.82 Å². The predicted octanol–water partition coefficient (Wildman–Crippen LogP) is 1.22. The van der Waals surface area contributed by atoms with Crippen molar-refractivity contribution in [3.8, 4) is 5.82 Å². The lowest BCUT2D eigenvalue weighted by Gasteiger charge is -2.09. The molecule has 0 bridgehead atoms. The standard InChI is InChI=1S/C12H15N5/c1-9-13-7-10(8-14-11-3-4-11)12(16-9)17-6-2-5-15-17/h2,5-7,11,14H,3-4,8H2,1H3. The minimum atomic E-state index is 0.682. The molecule has 0 atom stereocenters. The Morgan fingerprint density at radius 2 is 2.35 bits per heavy atom. The summed E-state index contributed by atoms with van der Waals surface area (Å²) in [5.74, 6) is 1.64. The first kappa shape index (κ1) is 10.4. The first-order valence-corrected chi connectivity index (χ1v) is 5.89. The molecule has 1 N–H and O–H groups in total. The Bertz CT molecular complexity index is 502. The second kappa shape index (κ2) is 4.25. The highest BCUT2D eigenvalue weighted by molar-refractivity contribution is 5.31. The maximum absolute atomic E-state index is 4.46. The van der Waals surface area contributed by atoms with Crippen LogP contribution in [0, 0.1) is 6.92 Å². The van der Waals surface area contributed by atoms with E-state index in [4.69, 9.17) is 0 Å². The topological polar surface area (TPSA) is 55.6 Å². The molecule has 0 aromatic carbocycles. The van der Waals surface area contributed by atoms with Gasteiger partial charge in [-0.2, -0.15) is 5.10 Å². The fraction of sp³-hybridized carbons (Fsp3) is 0.417. The summed E-state index contributed by atoms with van der Waals surface area (Å²) in [6.07, 6.45) is 8.11. The van der Waals surface area contributed by atoms with Gasteiger partial charge in [0, 0.05) is 36.7 Å². The van der Waals surface area contributed by atoms with Gasteiger partial charge < -0.3 is 5.32 Å². The van der Waals surface area contributed by atoms with Gasteiger partial charge in [0.2, 0.25) is 0 Å². The number of aryl methyl sites for hydroxylation is 1. The molecule has 1 aliphatic carbocycles. The van der Waals surface area contributed by atoms with Crippen LogP contribution >= 0.6 is 0 Å². The zero-order valence-corrected chi connectivity index (χ0v) is 9.80. The summed E-state index contributed by atoms with van der Waals surface area (Å²) in [5.41, 5.74) is 1.09. The van der Waals surface area contributed by atoms with Crippen LogP contribution in [0.4, 0.5) is 0 Å². The van der Waals surface area contributed by atoms with Gasteiger partial charge in [-0.3, -0.25) is 0 Å². The molecular weight excluding hydrogens is 214 g/mol. The van der Waals surface area contributed by atoms with E-state index in [2.05, 4.69) is 20.4 Å². The van der Waals surface area contributed by atoms with Crippen molar-refractivity contribution < 1.29 is 0 Å². The van der Waals surface area contributed by atoms with Crippen molar-refractivity contribution in [3.63, 3.8) is 0 Å². The van der Waals surface area contributed by atoms with Gasteiger partial charge in [0.1, 0.15) is 5.82 Å². The van der Waals surface area contributed by atoms with Crippen LogP contribution in [0.15, 0.2) is 24.7 Å². The van der Waals surface area contributed by atoms with Crippen molar-refractivity contribution in [2.45, 2.75) is 32.4 Å². The second-order valence-electron chi connectivity index (χ2n) is 4.37. The number of hydrogen-bond acceptors (Lipinski definition) is 4. The molecular formula is C12H15N5. The summed E-state index contributed by atoms with van der Waals surface area (Å²) in [5, 5.41) is 7.70. The molecule has 2 aromatic heterocycles. The summed E-state index contributed by atoms with van der Waals surface area (Å²) in [4.78, 5) is 8.72. The molecule has 5 heteroatoms. The van der Waals surface area contributed by atoms with E-state index in [1.165, 1.54) is 12.8 Å². The SMILES string of the molecule is Cc1ncc(CNC2CC2)c(-n2cccn2)n1. The lowest BCUT2D eigenvalue weighted by molar-refractivity contribution is 0.671. The van der Waals surface area contributed by atoms with Crippen molar-refractivity contribution in [1.29, 1.82) is 0 Å². The predicted molar refractivity (Wildman–Crippen MR) is 63.8 cm³/mol. The Labute approximate surface area is 99.9 Å². The summed E-state index contributed by atoms with van der Waals surface area (Å²) >= 11 is 0. The highest BCUT2D eigenvalue weighted by Gasteiger charge is 2.21. The number of rotatable bonds is 4. The first-order chi connectivity index (χ1) is 8.33. The van der Waals surface area contributed by atoms with Crippen molar-refractivity contribution >= 4 is 0 Å². The van der Waals surface area contributed by atoms with E-state index in [1.54, 1.807) is 10.9 Å². The smallest absolute Gasteiger partial charge is 0.161 e. The number of nitrogens with zero attached hydrogens (tertiary/aromatic N) is 4. The largest absolute Gasteiger partial charge is 0.310 e. The summed E-state index contributed by atoms with van der Waals surface area (Å²) in [6.45, 7) is 2.70. The van der Waals surface area contributed by atoms with Crippen LogP contribution in [-0.2, 0) is 6.54 Å². The van der Waals surface area contributed by atoms with Gasteiger partial charge in [0.05, 0.1) is 0 Å². The maximum Gasteiger partial charge on any atom is 0.161 e. The molecule has 0 aliphatic heterocycles. The van der Waals surface area contributed by atoms with Crippen LogP contribution in [0.5, 0.6) is 0 Å². The third-order valence-electron chi connectivity index (χ3n) is 2.84. The summed E-state index contributed by atoms with van der Waals surface area (Å²) in [7, 11) is 0. The average Bonchev–Trinajstić information content (AvgIpc) is 3.00. The van der Waals surface area contributed by atoms with Gasteiger partial charge in [-0.15, -0.1) is 0 Å². The van der Waals surface area contributed by atoms with Crippen molar-refractivity contribution in [3.05, 3.63) is 36.0 Å². The van der Waals surface area contributed by atoms with Gasteiger partial charge in [0.25, 0.3) is 0 Å². The van der Waals surface area contributed by atoms with E-state index in [0.29, 0.717) is 6.04 Å².